The lowest BCUT2D eigenvalue weighted by atomic mass is 9.94. The molecule has 0 aliphatic carbocycles. The van der Waals surface area contributed by atoms with Crippen LogP contribution in [0.3, 0.4) is 0 Å². The van der Waals surface area contributed by atoms with Crippen LogP contribution in [0.4, 0.5) is 11.4 Å². The van der Waals surface area contributed by atoms with Crippen LogP contribution in [0.25, 0.3) is 0 Å². The fourth-order valence-corrected chi connectivity index (χ4v) is 2.87. The summed E-state index contributed by atoms with van der Waals surface area (Å²) in [4.78, 5) is 14.4. The number of nitrogens with zero attached hydrogens (tertiary/aromatic N) is 1. The summed E-state index contributed by atoms with van der Waals surface area (Å²) in [6, 6.07) is 7.27. The summed E-state index contributed by atoms with van der Waals surface area (Å²) in [5.41, 5.74) is 7.15. The molecule has 4 heteroatoms. The zero-order valence-corrected chi connectivity index (χ0v) is 13.0. The molecule has 1 fully saturated rings. The number of likely N-dealkylation sites (tertiary alicyclic amines) is 1. The number of carbonyl (C=O) groups is 1. The Labute approximate surface area is 127 Å². The highest BCUT2D eigenvalue weighted by Gasteiger charge is 2.17. The molecule has 3 N–H and O–H groups in total. The number of nitrogen functional groups attached to an aromatic ring is 1. The molecule has 0 atom stereocenters. The summed E-state index contributed by atoms with van der Waals surface area (Å²) in [6.07, 6.45) is 5.44. The topological polar surface area (TPSA) is 58.4 Å². The molecule has 0 aromatic heterocycles. The molecule has 0 spiro atoms. The molecule has 1 amide bonds. The summed E-state index contributed by atoms with van der Waals surface area (Å²) >= 11 is 0. The number of benzene rings is 1. The Morgan fingerprint density at radius 1 is 1.29 bits per heavy atom. The highest BCUT2D eigenvalue weighted by Crippen LogP contribution is 2.20. The van der Waals surface area contributed by atoms with Crippen LogP contribution in [0.2, 0.25) is 0 Å². The van der Waals surface area contributed by atoms with Gasteiger partial charge in [-0.15, -0.1) is 0 Å². The Balaban J connectivity index is 1.62. The van der Waals surface area contributed by atoms with Gasteiger partial charge in [-0.25, -0.2) is 0 Å². The smallest absolute Gasteiger partial charge is 0.224 e. The van der Waals surface area contributed by atoms with E-state index >= 15 is 0 Å². The molecule has 0 saturated carbocycles. The van der Waals surface area contributed by atoms with Crippen LogP contribution < -0.4 is 11.1 Å². The van der Waals surface area contributed by atoms with Crippen LogP contribution in [0.15, 0.2) is 24.3 Å². The lowest BCUT2D eigenvalue weighted by molar-refractivity contribution is -0.116. The van der Waals surface area contributed by atoms with E-state index in [1.165, 1.54) is 32.4 Å². The second-order valence-corrected chi connectivity index (χ2v) is 5.97. The van der Waals surface area contributed by atoms with Gasteiger partial charge in [-0.3, -0.25) is 4.79 Å². The number of amides is 1. The van der Waals surface area contributed by atoms with Gasteiger partial charge in [0.25, 0.3) is 0 Å². The Hall–Kier alpha value is -1.55. The molecule has 4 nitrogen and oxygen atoms in total. The lowest BCUT2D eigenvalue weighted by Crippen LogP contribution is -2.34. The maximum absolute atomic E-state index is 11.9. The first kappa shape index (κ1) is 15.8. The number of hydrogen-bond acceptors (Lipinski definition) is 3. The van der Waals surface area contributed by atoms with Gasteiger partial charge in [0.05, 0.1) is 0 Å². The van der Waals surface area contributed by atoms with Crippen LogP contribution in [-0.2, 0) is 4.79 Å². The van der Waals surface area contributed by atoms with E-state index in [9.17, 15) is 4.79 Å². The van der Waals surface area contributed by atoms with E-state index in [-0.39, 0.29) is 5.91 Å². The van der Waals surface area contributed by atoms with Gasteiger partial charge in [0.2, 0.25) is 5.91 Å². The Bertz CT molecular complexity index is 436. The second-order valence-electron chi connectivity index (χ2n) is 5.97. The van der Waals surface area contributed by atoms with E-state index in [0.717, 1.165) is 24.6 Å². The molecule has 0 radical (unpaired) electrons. The average molecular weight is 289 g/mol. The lowest BCUT2D eigenvalue weighted by Gasteiger charge is -2.31. The first-order valence-corrected chi connectivity index (χ1v) is 8.05. The third kappa shape index (κ3) is 5.38. The molecule has 2 rings (SSSR count). The SMILES string of the molecule is CCC1CCN(CCCC(=O)Nc2ccc(N)cc2)CC1. The first-order chi connectivity index (χ1) is 10.2. The van der Waals surface area contributed by atoms with E-state index in [1.54, 1.807) is 12.1 Å². The summed E-state index contributed by atoms with van der Waals surface area (Å²) in [7, 11) is 0. The highest BCUT2D eigenvalue weighted by molar-refractivity contribution is 5.90. The number of nitrogens with two attached hydrogens (primary N) is 1. The van der Waals surface area contributed by atoms with Crippen LogP contribution in [0, 0.1) is 5.92 Å². The van der Waals surface area contributed by atoms with Crippen molar-refractivity contribution in [3.8, 4) is 0 Å². The molecule has 1 heterocycles. The fraction of sp³-hybridized carbons (Fsp3) is 0.588. The molecular formula is C17H27N3O. The Kier molecular flexibility index (Phi) is 6.05. The van der Waals surface area contributed by atoms with E-state index < -0.39 is 0 Å². The van der Waals surface area contributed by atoms with E-state index in [0.29, 0.717) is 12.1 Å². The number of nitrogens with one attached hydrogen (secondary N) is 1. The summed E-state index contributed by atoms with van der Waals surface area (Å²) in [5, 5.41) is 2.91. The predicted octanol–water partition coefficient (Wildman–Crippen LogP) is 3.11. The van der Waals surface area contributed by atoms with Gasteiger partial charge < -0.3 is 16.0 Å². The van der Waals surface area contributed by atoms with Crippen LogP contribution in [0.5, 0.6) is 0 Å². The van der Waals surface area contributed by atoms with Crippen molar-refractivity contribution < 1.29 is 4.79 Å². The zero-order valence-electron chi connectivity index (χ0n) is 13.0. The molecule has 0 unspecified atom stereocenters. The monoisotopic (exact) mass is 289 g/mol. The normalized spacial score (nSPS) is 16.8. The van der Waals surface area contributed by atoms with Crippen molar-refractivity contribution in [2.24, 2.45) is 5.92 Å². The van der Waals surface area contributed by atoms with Gasteiger partial charge in [-0.05, 0) is 69.1 Å². The highest BCUT2D eigenvalue weighted by atomic mass is 16.1. The number of hydrogen-bond donors (Lipinski definition) is 2. The van der Waals surface area contributed by atoms with Gasteiger partial charge in [-0.1, -0.05) is 13.3 Å². The third-order valence-corrected chi connectivity index (χ3v) is 4.36. The molecule has 1 aliphatic heterocycles. The van der Waals surface area contributed by atoms with Crippen molar-refractivity contribution in [3.63, 3.8) is 0 Å². The molecule has 1 aliphatic rings. The van der Waals surface area contributed by atoms with Gasteiger partial charge >= 0.3 is 0 Å². The van der Waals surface area contributed by atoms with Crippen LogP contribution in [0.1, 0.15) is 39.0 Å². The van der Waals surface area contributed by atoms with Gasteiger partial charge in [0, 0.05) is 17.8 Å². The number of anilines is 2. The van der Waals surface area contributed by atoms with Crippen LogP contribution in [-0.4, -0.2) is 30.4 Å². The van der Waals surface area contributed by atoms with Crippen molar-refractivity contribution in [3.05, 3.63) is 24.3 Å². The molecular weight excluding hydrogens is 262 g/mol. The minimum absolute atomic E-state index is 0.0863. The van der Waals surface area contributed by atoms with Crippen molar-refractivity contribution in [1.82, 2.24) is 4.90 Å². The maximum atomic E-state index is 11.9. The minimum Gasteiger partial charge on any atom is -0.399 e. The first-order valence-electron chi connectivity index (χ1n) is 8.05. The van der Waals surface area contributed by atoms with Gasteiger partial charge in [0.15, 0.2) is 0 Å². The maximum Gasteiger partial charge on any atom is 0.224 e. The molecule has 0 bridgehead atoms. The van der Waals surface area contributed by atoms with E-state index in [4.69, 9.17) is 5.73 Å². The third-order valence-electron chi connectivity index (χ3n) is 4.36. The Morgan fingerprint density at radius 3 is 2.57 bits per heavy atom. The fourth-order valence-electron chi connectivity index (χ4n) is 2.87. The quantitative estimate of drug-likeness (QED) is 0.791. The van der Waals surface area contributed by atoms with Crippen molar-refractivity contribution in [2.75, 3.05) is 30.7 Å². The second kappa shape index (κ2) is 8.03. The van der Waals surface area contributed by atoms with Crippen molar-refractivity contribution >= 4 is 17.3 Å². The molecule has 21 heavy (non-hydrogen) atoms. The number of carbonyl (C=O) groups excluding carboxylic acids is 1. The molecule has 1 aromatic rings. The summed E-state index contributed by atoms with van der Waals surface area (Å²) in [6.45, 7) is 5.70. The zero-order chi connectivity index (χ0) is 15.1. The largest absolute Gasteiger partial charge is 0.399 e. The van der Waals surface area contributed by atoms with E-state index in [1.807, 2.05) is 12.1 Å². The average Bonchev–Trinajstić information content (AvgIpc) is 2.50. The number of rotatable bonds is 6. The van der Waals surface area contributed by atoms with Crippen molar-refractivity contribution in [1.29, 1.82) is 0 Å². The molecule has 116 valence electrons. The van der Waals surface area contributed by atoms with E-state index in [2.05, 4.69) is 17.1 Å². The van der Waals surface area contributed by atoms with Gasteiger partial charge in [0.1, 0.15) is 0 Å². The predicted molar refractivity (Wildman–Crippen MR) is 88.2 cm³/mol. The summed E-state index contributed by atoms with van der Waals surface area (Å²) in [5.74, 6) is 0.998. The molecule has 1 aromatic carbocycles. The van der Waals surface area contributed by atoms with Crippen LogP contribution >= 0.6 is 0 Å². The minimum atomic E-state index is 0.0863. The Morgan fingerprint density at radius 2 is 1.95 bits per heavy atom. The summed E-state index contributed by atoms with van der Waals surface area (Å²) < 4.78 is 0. The van der Waals surface area contributed by atoms with Gasteiger partial charge in [-0.2, -0.15) is 0 Å². The van der Waals surface area contributed by atoms with Crippen molar-refractivity contribution in [2.45, 2.75) is 39.0 Å². The molecule has 1 saturated heterocycles. The number of piperidine rings is 1. The standard InChI is InChI=1S/C17H27N3O/c1-2-14-9-12-20(13-10-14)11-3-4-17(21)19-16-7-5-15(18)6-8-16/h5-8,14H,2-4,9-13,18H2,1H3,(H,19,21).